The summed E-state index contributed by atoms with van der Waals surface area (Å²) in [7, 11) is 0. The zero-order valence-corrected chi connectivity index (χ0v) is 13.7. The van der Waals surface area contributed by atoms with E-state index in [0.717, 1.165) is 11.3 Å². The molecule has 0 spiro atoms. The number of pyridine rings is 1. The number of aromatic nitrogens is 3. The van der Waals surface area contributed by atoms with Gasteiger partial charge in [-0.1, -0.05) is 29.4 Å². The molecule has 2 aromatic heterocycles. The second-order valence-corrected chi connectivity index (χ2v) is 6.02. The van der Waals surface area contributed by atoms with Crippen LogP contribution in [0.3, 0.4) is 0 Å². The number of hydrogen-bond acceptors (Lipinski definition) is 5. The molecule has 1 aromatic carbocycles. The average molecular weight is 335 g/mol. The van der Waals surface area contributed by atoms with Crippen LogP contribution in [0.25, 0.3) is 11.5 Å². The first-order valence-electron chi connectivity index (χ1n) is 8.07. The number of carbonyl (C=O) groups excluding carboxylic acids is 1. The van der Waals surface area contributed by atoms with Gasteiger partial charge in [0.1, 0.15) is 5.69 Å². The molecular formula is C18H17N5O2. The predicted molar refractivity (Wildman–Crippen MR) is 92.0 cm³/mol. The molecule has 1 saturated heterocycles. The van der Waals surface area contributed by atoms with Crippen molar-refractivity contribution in [3.8, 4) is 11.5 Å². The van der Waals surface area contributed by atoms with Gasteiger partial charge >= 0.3 is 6.03 Å². The number of urea groups is 1. The third-order valence-electron chi connectivity index (χ3n) is 4.24. The molecule has 126 valence electrons. The molecule has 0 radical (unpaired) electrons. The van der Waals surface area contributed by atoms with Gasteiger partial charge in [0.05, 0.1) is 5.92 Å². The Bertz CT molecular complexity index is 887. The number of para-hydroxylation sites is 1. The highest BCUT2D eigenvalue weighted by molar-refractivity contribution is 5.90. The lowest BCUT2D eigenvalue weighted by molar-refractivity contribution is 0.147. The zero-order chi connectivity index (χ0) is 17.2. The number of benzene rings is 1. The number of aryl methyl sites for hydroxylation is 1. The van der Waals surface area contributed by atoms with Crippen molar-refractivity contribution in [3.05, 3.63) is 60.1 Å². The number of nitrogens with zero attached hydrogens (tertiary/aromatic N) is 4. The van der Waals surface area contributed by atoms with E-state index in [1.807, 2.05) is 49.4 Å². The van der Waals surface area contributed by atoms with Crippen LogP contribution >= 0.6 is 0 Å². The van der Waals surface area contributed by atoms with Gasteiger partial charge in [0, 0.05) is 25.0 Å². The molecule has 25 heavy (non-hydrogen) atoms. The Morgan fingerprint density at radius 2 is 2.00 bits per heavy atom. The molecule has 1 fully saturated rings. The van der Waals surface area contributed by atoms with E-state index in [9.17, 15) is 4.79 Å². The molecule has 0 unspecified atom stereocenters. The van der Waals surface area contributed by atoms with E-state index in [2.05, 4.69) is 20.4 Å². The number of carbonyl (C=O) groups is 1. The maximum absolute atomic E-state index is 12.3. The van der Waals surface area contributed by atoms with Crippen LogP contribution in [0.5, 0.6) is 0 Å². The van der Waals surface area contributed by atoms with Crippen molar-refractivity contribution < 1.29 is 9.32 Å². The van der Waals surface area contributed by atoms with Crippen LogP contribution in [0.15, 0.2) is 53.2 Å². The number of likely N-dealkylation sites (tertiary alicyclic amines) is 1. The minimum absolute atomic E-state index is 0.0626. The van der Waals surface area contributed by atoms with Gasteiger partial charge in [-0.3, -0.25) is 4.98 Å². The standard InChI is InChI=1S/C18H17N5O2/c1-12-6-2-3-7-14(12)20-18(24)23-10-13(11-23)17-21-16(22-25-17)15-8-4-5-9-19-15/h2-9,13H,10-11H2,1H3,(H,20,24). The second kappa shape index (κ2) is 6.35. The van der Waals surface area contributed by atoms with E-state index >= 15 is 0 Å². The molecule has 7 nitrogen and oxygen atoms in total. The third kappa shape index (κ3) is 3.08. The predicted octanol–water partition coefficient (Wildman–Crippen LogP) is 3.07. The van der Waals surface area contributed by atoms with Gasteiger partial charge < -0.3 is 14.7 Å². The molecule has 1 aliphatic rings. The van der Waals surface area contributed by atoms with Gasteiger partial charge in [-0.2, -0.15) is 4.98 Å². The Labute approximate surface area is 144 Å². The first kappa shape index (κ1) is 15.3. The molecule has 0 saturated carbocycles. The third-order valence-corrected chi connectivity index (χ3v) is 4.24. The van der Waals surface area contributed by atoms with Crippen LogP contribution in [-0.2, 0) is 0 Å². The molecular weight excluding hydrogens is 318 g/mol. The van der Waals surface area contributed by atoms with Crippen molar-refractivity contribution in [2.75, 3.05) is 18.4 Å². The Morgan fingerprint density at radius 1 is 1.20 bits per heavy atom. The largest absolute Gasteiger partial charge is 0.338 e. The fraction of sp³-hybridized carbons (Fsp3) is 0.222. The Balaban J connectivity index is 1.37. The number of amides is 2. The van der Waals surface area contributed by atoms with Crippen LogP contribution in [0.1, 0.15) is 17.4 Å². The number of anilines is 1. The van der Waals surface area contributed by atoms with E-state index < -0.39 is 0 Å². The highest BCUT2D eigenvalue weighted by atomic mass is 16.5. The van der Waals surface area contributed by atoms with Crippen molar-refractivity contribution in [1.82, 2.24) is 20.0 Å². The minimum Gasteiger partial charge on any atom is -0.338 e. The zero-order valence-electron chi connectivity index (χ0n) is 13.7. The summed E-state index contributed by atoms with van der Waals surface area (Å²) in [6.07, 6.45) is 1.69. The molecule has 4 rings (SSSR count). The SMILES string of the molecule is Cc1ccccc1NC(=O)N1CC(c2nc(-c3ccccn3)no2)C1. The molecule has 1 aliphatic heterocycles. The lowest BCUT2D eigenvalue weighted by Crippen LogP contribution is -2.50. The number of nitrogens with one attached hydrogen (secondary N) is 1. The summed E-state index contributed by atoms with van der Waals surface area (Å²) in [4.78, 5) is 22.6. The fourth-order valence-electron chi connectivity index (χ4n) is 2.71. The molecule has 0 aliphatic carbocycles. The van der Waals surface area contributed by atoms with Crippen molar-refractivity contribution in [2.24, 2.45) is 0 Å². The van der Waals surface area contributed by atoms with Gasteiger partial charge in [-0.25, -0.2) is 4.79 Å². The first-order valence-corrected chi connectivity index (χ1v) is 8.07. The van der Waals surface area contributed by atoms with Gasteiger partial charge in [0.25, 0.3) is 0 Å². The summed E-state index contributed by atoms with van der Waals surface area (Å²) in [5.74, 6) is 1.08. The molecule has 1 N–H and O–H groups in total. The molecule has 0 atom stereocenters. The van der Waals surface area contributed by atoms with E-state index in [4.69, 9.17) is 4.52 Å². The van der Waals surface area contributed by atoms with Gasteiger partial charge in [0.15, 0.2) is 0 Å². The fourth-order valence-corrected chi connectivity index (χ4v) is 2.71. The van der Waals surface area contributed by atoms with Crippen LogP contribution in [0.2, 0.25) is 0 Å². The number of hydrogen-bond donors (Lipinski definition) is 1. The minimum atomic E-state index is -0.116. The van der Waals surface area contributed by atoms with Crippen molar-refractivity contribution in [2.45, 2.75) is 12.8 Å². The van der Waals surface area contributed by atoms with E-state index in [-0.39, 0.29) is 11.9 Å². The van der Waals surface area contributed by atoms with E-state index in [1.165, 1.54) is 0 Å². The summed E-state index contributed by atoms with van der Waals surface area (Å²) in [5.41, 5.74) is 2.53. The summed E-state index contributed by atoms with van der Waals surface area (Å²) >= 11 is 0. The second-order valence-electron chi connectivity index (χ2n) is 6.02. The Kier molecular flexibility index (Phi) is 3.89. The molecule has 7 heteroatoms. The lowest BCUT2D eigenvalue weighted by Gasteiger charge is -2.37. The highest BCUT2D eigenvalue weighted by Crippen LogP contribution is 2.28. The molecule has 3 heterocycles. The highest BCUT2D eigenvalue weighted by Gasteiger charge is 2.35. The Morgan fingerprint density at radius 3 is 2.76 bits per heavy atom. The normalized spacial score (nSPS) is 14.2. The maximum Gasteiger partial charge on any atom is 0.321 e. The van der Waals surface area contributed by atoms with Crippen LogP contribution in [0, 0.1) is 6.92 Å². The lowest BCUT2D eigenvalue weighted by atomic mass is 10.0. The van der Waals surface area contributed by atoms with E-state index in [1.54, 1.807) is 11.1 Å². The maximum atomic E-state index is 12.3. The van der Waals surface area contributed by atoms with Gasteiger partial charge in [0.2, 0.25) is 11.7 Å². The molecule has 3 aromatic rings. The molecule has 0 bridgehead atoms. The summed E-state index contributed by atoms with van der Waals surface area (Å²) in [6, 6.07) is 13.1. The topological polar surface area (TPSA) is 84.2 Å². The van der Waals surface area contributed by atoms with Crippen LogP contribution in [-0.4, -0.2) is 39.1 Å². The summed E-state index contributed by atoms with van der Waals surface area (Å²) < 4.78 is 5.33. The van der Waals surface area contributed by atoms with Crippen molar-refractivity contribution in [3.63, 3.8) is 0 Å². The Hall–Kier alpha value is -3.22. The van der Waals surface area contributed by atoms with Crippen LogP contribution < -0.4 is 5.32 Å². The quantitative estimate of drug-likeness (QED) is 0.795. The van der Waals surface area contributed by atoms with Crippen molar-refractivity contribution >= 4 is 11.7 Å². The smallest absolute Gasteiger partial charge is 0.321 e. The average Bonchev–Trinajstić information content (AvgIpc) is 3.06. The van der Waals surface area contributed by atoms with Crippen LogP contribution in [0.4, 0.5) is 10.5 Å². The summed E-state index contributed by atoms with van der Waals surface area (Å²) in [6.45, 7) is 3.08. The van der Waals surface area contributed by atoms with E-state index in [0.29, 0.717) is 30.5 Å². The first-order chi connectivity index (χ1) is 12.2. The monoisotopic (exact) mass is 335 g/mol. The van der Waals surface area contributed by atoms with Gasteiger partial charge in [-0.05, 0) is 30.7 Å². The summed E-state index contributed by atoms with van der Waals surface area (Å²) in [5, 5.41) is 6.90. The molecule has 2 amide bonds. The number of rotatable bonds is 3. The van der Waals surface area contributed by atoms with Crippen molar-refractivity contribution in [1.29, 1.82) is 0 Å². The van der Waals surface area contributed by atoms with Gasteiger partial charge in [-0.15, -0.1) is 0 Å².